The van der Waals surface area contributed by atoms with Gasteiger partial charge in [-0.1, -0.05) is 0 Å². The van der Waals surface area contributed by atoms with Crippen LogP contribution in [0.4, 0.5) is 5.82 Å². The van der Waals surface area contributed by atoms with Crippen molar-refractivity contribution in [3.63, 3.8) is 0 Å². The molecule has 2 rings (SSSR count). The van der Waals surface area contributed by atoms with E-state index >= 15 is 0 Å². The highest BCUT2D eigenvalue weighted by Crippen LogP contribution is 2.23. The van der Waals surface area contributed by atoms with Gasteiger partial charge in [0.15, 0.2) is 0 Å². The number of nitrogen functional groups attached to an aromatic ring is 1. The molecule has 6 nitrogen and oxygen atoms in total. The molecule has 110 valence electrons. The summed E-state index contributed by atoms with van der Waals surface area (Å²) in [5.74, 6) is 1.55. The summed E-state index contributed by atoms with van der Waals surface area (Å²) < 4.78 is 11.5. The quantitative estimate of drug-likeness (QED) is 0.867. The molecule has 0 fully saturated rings. The molecule has 2 aromatic rings. The Bertz CT molecular complexity index is 735. The predicted molar refractivity (Wildman–Crippen MR) is 82.4 cm³/mol. The summed E-state index contributed by atoms with van der Waals surface area (Å²) in [5.41, 5.74) is 7.03. The molecule has 0 saturated heterocycles. The van der Waals surface area contributed by atoms with E-state index in [2.05, 4.69) is 5.10 Å². The maximum absolute atomic E-state index is 11.9. The number of methoxy groups -OCH3 is 2. The lowest BCUT2D eigenvalue weighted by Crippen LogP contribution is -2.19. The predicted octanol–water partition coefficient (Wildman–Crippen LogP) is 1.64. The van der Waals surface area contributed by atoms with Crippen LogP contribution in [0.25, 0.3) is 0 Å². The van der Waals surface area contributed by atoms with Gasteiger partial charge in [0.2, 0.25) is 0 Å². The number of hydrogen-bond acceptors (Lipinski definition) is 5. The van der Waals surface area contributed by atoms with Gasteiger partial charge in [-0.2, -0.15) is 9.78 Å². The fraction of sp³-hybridized carbons (Fsp3) is 0.200. The Kier molecular flexibility index (Phi) is 4.27. The molecule has 21 heavy (non-hydrogen) atoms. The van der Waals surface area contributed by atoms with Crippen LogP contribution in [0.5, 0.6) is 11.5 Å². The van der Waals surface area contributed by atoms with E-state index in [4.69, 9.17) is 15.2 Å². The molecule has 0 atom stereocenters. The van der Waals surface area contributed by atoms with Crippen LogP contribution in [-0.2, 0) is 0 Å². The van der Waals surface area contributed by atoms with Gasteiger partial charge in [0.1, 0.15) is 17.3 Å². The van der Waals surface area contributed by atoms with E-state index in [0.717, 1.165) is 10.2 Å². The Labute approximate surface area is 122 Å². The first-order valence-corrected chi connectivity index (χ1v) is 6.30. The highest BCUT2D eigenvalue weighted by atomic mass is 16.5. The molecule has 0 aliphatic carbocycles. The Morgan fingerprint density at radius 2 is 1.95 bits per heavy atom. The molecular weight excluding hydrogens is 270 g/mol. The molecule has 6 heteroatoms. The van der Waals surface area contributed by atoms with Gasteiger partial charge < -0.3 is 15.2 Å². The van der Waals surface area contributed by atoms with Crippen LogP contribution in [0.15, 0.2) is 40.2 Å². The fourth-order valence-corrected chi connectivity index (χ4v) is 1.89. The minimum atomic E-state index is -0.281. The summed E-state index contributed by atoms with van der Waals surface area (Å²) >= 11 is 0. The highest BCUT2D eigenvalue weighted by Gasteiger charge is 2.04. The monoisotopic (exact) mass is 287 g/mol. The van der Waals surface area contributed by atoms with Gasteiger partial charge in [0, 0.05) is 17.7 Å². The van der Waals surface area contributed by atoms with E-state index in [-0.39, 0.29) is 11.4 Å². The molecule has 0 aliphatic rings. The van der Waals surface area contributed by atoms with E-state index < -0.39 is 0 Å². The lowest BCUT2D eigenvalue weighted by molar-refractivity contribution is 0.394. The first kappa shape index (κ1) is 14.6. The zero-order valence-electron chi connectivity index (χ0n) is 12.2. The molecule has 0 spiro atoms. The SMILES string of the molecule is COc1ccc(/C=N\n2c(N)cc(C)cc2=O)c(OC)c1. The first-order chi connectivity index (χ1) is 10.0. The van der Waals surface area contributed by atoms with Gasteiger partial charge in [0.25, 0.3) is 5.56 Å². The number of aromatic nitrogens is 1. The van der Waals surface area contributed by atoms with Gasteiger partial charge in [-0.15, -0.1) is 0 Å². The minimum absolute atomic E-state index is 0.281. The largest absolute Gasteiger partial charge is 0.497 e. The lowest BCUT2D eigenvalue weighted by atomic mass is 10.2. The Morgan fingerprint density at radius 1 is 1.19 bits per heavy atom. The third-order valence-electron chi connectivity index (χ3n) is 2.93. The van der Waals surface area contributed by atoms with E-state index in [0.29, 0.717) is 17.1 Å². The molecule has 0 aliphatic heterocycles. The van der Waals surface area contributed by atoms with Crippen molar-refractivity contribution >= 4 is 12.0 Å². The van der Waals surface area contributed by atoms with Crippen molar-refractivity contribution < 1.29 is 9.47 Å². The Balaban J connectivity index is 2.40. The van der Waals surface area contributed by atoms with Crippen LogP contribution in [0, 0.1) is 6.92 Å². The van der Waals surface area contributed by atoms with Crippen molar-refractivity contribution in [3.8, 4) is 11.5 Å². The fourth-order valence-electron chi connectivity index (χ4n) is 1.89. The second kappa shape index (κ2) is 6.13. The van der Waals surface area contributed by atoms with E-state index in [1.165, 1.54) is 12.3 Å². The third kappa shape index (κ3) is 3.22. The van der Waals surface area contributed by atoms with Gasteiger partial charge in [-0.25, -0.2) is 0 Å². The van der Waals surface area contributed by atoms with Crippen molar-refractivity contribution in [1.29, 1.82) is 0 Å². The van der Waals surface area contributed by atoms with Crippen LogP contribution in [0.2, 0.25) is 0 Å². The van der Waals surface area contributed by atoms with Crippen LogP contribution in [0.3, 0.4) is 0 Å². The van der Waals surface area contributed by atoms with Crippen LogP contribution >= 0.6 is 0 Å². The van der Waals surface area contributed by atoms with Crippen molar-refractivity contribution in [2.45, 2.75) is 6.92 Å². The number of nitrogens with zero attached hydrogens (tertiary/aromatic N) is 2. The van der Waals surface area contributed by atoms with Crippen molar-refractivity contribution in [2.24, 2.45) is 5.10 Å². The summed E-state index contributed by atoms with van der Waals surface area (Å²) in [7, 11) is 3.13. The maximum Gasteiger partial charge on any atom is 0.273 e. The minimum Gasteiger partial charge on any atom is -0.497 e. The van der Waals surface area contributed by atoms with Gasteiger partial charge in [-0.3, -0.25) is 4.79 Å². The summed E-state index contributed by atoms with van der Waals surface area (Å²) in [6.45, 7) is 1.80. The number of pyridine rings is 1. The standard InChI is InChI=1S/C15H17N3O3/c1-10-6-14(16)18(15(19)7-10)17-9-11-4-5-12(20-2)8-13(11)21-3/h4-9H,16H2,1-3H3/b17-9-. The number of ether oxygens (including phenoxy) is 2. The third-order valence-corrected chi connectivity index (χ3v) is 2.93. The van der Waals surface area contributed by atoms with E-state index in [1.807, 2.05) is 0 Å². The zero-order valence-corrected chi connectivity index (χ0v) is 12.2. The first-order valence-electron chi connectivity index (χ1n) is 6.30. The lowest BCUT2D eigenvalue weighted by Gasteiger charge is -2.07. The number of rotatable bonds is 4. The molecule has 0 radical (unpaired) electrons. The van der Waals surface area contributed by atoms with Gasteiger partial charge >= 0.3 is 0 Å². The molecule has 0 unspecified atom stereocenters. The Hall–Kier alpha value is -2.76. The van der Waals surface area contributed by atoms with Crippen LogP contribution in [-0.4, -0.2) is 25.1 Å². The number of nitrogens with two attached hydrogens (primary N) is 1. The van der Waals surface area contributed by atoms with Gasteiger partial charge in [0.05, 0.1) is 20.4 Å². The Morgan fingerprint density at radius 3 is 2.57 bits per heavy atom. The van der Waals surface area contributed by atoms with Crippen molar-refractivity contribution in [2.75, 3.05) is 20.0 Å². The number of anilines is 1. The molecule has 1 aromatic carbocycles. The molecule has 1 heterocycles. The maximum atomic E-state index is 11.9. The molecule has 0 bridgehead atoms. The summed E-state index contributed by atoms with van der Waals surface area (Å²) in [5, 5.41) is 4.11. The zero-order chi connectivity index (χ0) is 15.4. The van der Waals surface area contributed by atoms with Crippen molar-refractivity contribution in [1.82, 2.24) is 4.68 Å². The molecule has 1 aromatic heterocycles. The molecule has 0 amide bonds. The highest BCUT2D eigenvalue weighted by molar-refractivity contribution is 5.84. The smallest absolute Gasteiger partial charge is 0.273 e. The normalized spacial score (nSPS) is 10.8. The average molecular weight is 287 g/mol. The number of hydrogen-bond donors (Lipinski definition) is 1. The second-order valence-corrected chi connectivity index (χ2v) is 4.46. The average Bonchev–Trinajstić information content (AvgIpc) is 2.46. The van der Waals surface area contributed by atoms with Crippen LogP contribution < -0.4 is 20.8 Å². The van der Waals surface area contributed by atoms with E-state index in [1.54, 1.807) is 45.4 Å². The topological polar surface area (TPSA) is 78.8 Å². The second-order valence-electron chi connectivity index (χ2n) is 4.46. The summed E-state index contributed by atoms with van der Waals surface area (Å²) in [6.07, 6.45) is 1.52. The summed E-state index contributed by atoms with van der Waals surface area (Å²) in [6, 6.07) is 8.47. The molecule has 2 N–H and O–H groups in total. The summed E-state index contributed by atoms with van der Waals surface area (Å²) in [4.78, 5) is 11.9. The molecular formula is C15H17N3O3. The van der Waals surface area contributed by atoms with E-state index in [9.17, 15) is 4.79 Å². The van der Waals surface area contributed by atoms with Gasteiger partial charge in [-0.05, 0) is 30.7 Å². The van der Waals surface area contributed by atoms with Crippen LogP contribution in [0.1, 0.15) is 11.1 Å². The van der Waals surface area contributed by atoms with Crippen molar-refractivity contribution in [3.05, 3.63) is 51.8 Å². The number of benzene rings is 1. The molecule has 0 saturated carbocycles. The number of aryl methyl sites for hydroxylation is 1.